The first kappa shape index (κ1) is 56.6. The molecule has 0 spiro atoms. The Bertz CT molecular complexity index is 2090. The van der Waals surface area contributed by atoms with E-state index in [1.807, 2.05) is 0 Å². The van der Waals surface area contributed by atoms with Crippen LogP contribution in [0.25, 0.3) is 0 Å². The Hall–Kier alpha value is -1.24. The van der Waals surface area contributed by atoms with Gasteiger partial charge in [0.25, 0.3) is 0 Å². The molecule has 17 N–H and O–H groups in total. The molecule has 31 nitrogen and oxygen atoms in total. The predicted octanol–water partition coefficient (Wildman–Crippen LogP) is -11.7. The number of fused-ring (bicyclic) bond motifs is 5. The van der Waals surface area contributed by atoms with E-state index in [9.17, 15) is 86.8 Å². The summed E-state index contributed by atoms with van der Waals surface area (Å²) >= 11 is 0. The van der Waals surface area contributed by atoms with Gasteiger partial charge in [0.15, 0.2) is 37.7 Å². The monoisotopic (exact) mass is 1110 g/mol. The first-order valence-corrected chi connectivity index (χ1v) is 25.3. The van der Waals surface area contributed by atoms with E-state index in [4.69, 9.17) is 66.3 Å². The van der Waals surface area contributed by atoms with Crippen LogP contribution >= 0.6 is 0 Å². The molecule has 0 radical (unpaired) electrons. The molecular formula is C45H70O31. The van der Waals surface area contributed by atoms with Gasteiger partial charge < -0.3 is 153 Å². The molecule has 11 fully saturated rings. The molecule has 6 aliphatic heterocycles. The lowest BCUT2D eigenvalue weighted by molar-refractivity contribution is -0.383. The van der Waals surface area contributed by atoms with Crippen molar-refractivity contribution in [3.8, 4) is 0 Å². The van der Waals surface area contributed by atoms with E-state index in [1.54, 1.807) is 6.92 Å². The molecule has 0 aromatic heterocycles. The van der Waals surface area contributed by atoms with Gasteiger partial charge in [0.1, 0.15) is 113 Å². The average Bonchev–Trinajstić information content (AvgIpc) is 4.19. The number of hydrogen-bond acceptors (Lipinski definition) is 31. The van der Waals surface area contributed by atoms with Crippen LogP contribution in [0, 0.1) is 29.6 Å². The predicted molar refractivity (Wildman–Crippen MR) is 230 cm³/mol. The van der Waals surface area contributed by atoms with Gasteiger partial charge in [-0.15, -0.1) is 0 Å². The summed E-state index contributed by atoms with van der Waals surface area (Å²) in [5.41, 5.74) is -8.97. The maximum atomic E-state index is 11.8. The van der Waals surface area contributed by atoms with Gasteiger partial charge in [0, 0.05) is 20.8 Å². The van der Waals surface area contributed by atoms with Crippen LogP contribution < -0.4 is 0 Å². The second kappa shape index (κ2) is 20.0. The molecule has 0 aromatic rings. The topological polar surface area (TPSA) is 473 Å². The van der Waals surface area contributed by atoms with Crippen LogP contribution in [0.3, 0.4) is 0 Å². The van der Waals surface area contributed by atoms with E-state index < -0.39 is 251 Å². The summed E-state index contributed by atoms with van der Waals surface area (Å²) in [4.78, 5) is 0. The van der Waals surface area contributed by atoms with Crippen LogP contribution in [-0.4, -0.2) is 329 Å². The summed E-state index contributed by atoms with van der Waals surface area (Å²) in [7, 11) is 2.51. The minimum absolute atomic E-state index is 0.0856. The summed E-state index contributed by atoms with van der Waals surface area (Å²) in [6.07, 6.45) is -40.1. The second-order valence-electron chi connectivity index (χ2n) is 21.9. The summed E-state index contributed by atoms with van der Waals surface area (Å²) in [6.45, 7) is -3.20. The minimum atomic E-state index is -2.06. The average molecular weight is 1110 g/mol. The fourth-order valence-electron chi connectivity index (χ4n) is 14.9. The highest BCUT2D eigenvalue weighted by molar-refractivity contribution is 5.25. The lowest BCUT2D eigenvalue weighted by atomic mass is 9.63. The molecule has 0 amide bonds. The molecule has 0 aromatic carbocycles. The number of ether oxygens (including phenoxy) is 14. The van der Waals surface area contributed by atoms with E-state index in [1.165, 1.54) is 14.2 Å². The van der Waals surface area contributed by atoms with Crippen LogP contribution in [0.2, 0.25) is 0 Å². The molecule has 6 saturated heterocycles. The molecular weight excluding hydrogens is 1040 g/mol. The van der Waals surface area contributed by atoms with Crippen molar-refractivity contribution in [2.45, 2.75) is 189 Å². The summed E-state index contributed by atoms with van der Waals surface area (Å²) in [6, 6.07) is 0. The van der Waals surface area contributed by atoms with Crippen molar-refractivity contribution in [2.24, 2.45) is 29.6 Å². The van der Waals surface area contributed by atoms with Crippen molar-refractivity contribution in [1.82, 2.24) is 0 Å². The normalized spacial score (nSPS) is 60.3. The first-order chi connectivity index (χ1) is 36.2. The molecule has 11 aliphatic rings. The van der Waals surface area contributed by atoms with Crippen LogP contribution in [0.5, 0.6) is 0 Å². The molecule has 31 heteroatoms. The largest absolute Gasteiger partial charge is 0.393 e. The summed E-state index contributed by atoms with van der Waals surface area (Å²) in [5.74, 6) is -6.04. The Kier molecular flexibility index (Phi) is 14.9. The number of hydrogen-bond donors (Lipinski definition) is 17. The quantitative estimate of drug-likeness (QED) is 0.0538. The Balaban J connectivity index is 0.792. The van der Waals surface area contributed by atoms with Crippen LogP contribution in [0.4, 0.5) is 0 Å². The van der Waals surface area contributed by atoms with E-state index in [-0.39, 0.29) is 6.61 Å². The summed E-state index contributed by atoms with van der Waals surface area (Å²) < 4.78 is 81.9. The zero-order valence-corrected chi connectivity index (χ0v) is 41.1. The highest BCUT2D eigenvalue weighted by Crippen LogP contribution is 2.60. The third-order valence-corrected chi connectivity index (χ3v) is 18.8. The highest BCUT2D eigenvalue weighted by atomic mass is 16.8. The highest BCUT2D eigenvalue weighted by Gasteiger charge is 2.80. The van der Waals surface area contributed by atoms with Crippen molar-refractivity contribution >= 4 is 0 Å². The SMILES string of the molecule is CCOC1OC2(CO)C(OC3OC(COC4OC5(CO)C(OC6OC7(CO)C(OC8OC9(CO)C(OC)C(O)C9C8O)C(O)C7C6O)C(O)C5C4O)C(OC4OC5(CO)C(OC)C(O)C5C4O)C(O)C3O)C(O)C2C1O. The number of aliphatic hydroxyl groups excluding tert-OH is 17. The maximum absolute atomic E-state index is 11.8. The van der Waals surface area contributed by atoms with Gasteiger partial charge in [-0.05, 0) is 6.92 Å². The molecule has 5 saturated carbocycles. The third-order valence-electron chi connectivity index (χ3n) is 18.8. The molecule has 6 heterocycles. The molecule has 0 bridgehead atoms. The van der Waals surface area contributed by atoms with Gasteiger partial charge >= 0.3 is 0 Å². The lowest BCUT2D eigenvalue weighted by Crippen LogP contribution is -2.74. The van der Waals surface area contributed by atoms with Crippen LogP contribution in [0.1, 0.15) is 6.92 Å². The van der Waals surface area contributed by atoms with E-state index in [0.29, 0.717) is 0 Å². The smallest absolute Gasteiger partial charge is 0.187 e. The van der Waals surface area contributed by atoms with Gasteiger partial charge in [-0.3, -0.25) is 0 Å². The third kappa shape index (κ3) is 7.29. The summed E-state index contributed by atoms with van der Waals surface area (Å²) in [5, 5.41) is 188. The molecule has 5 aliphatic carbocycles. The standard InChI is InChI=1S/C45H70O31/c1-4-65-35-22(56)14-19(53)32(43(14,8-48)72-35)69-37-28(62)27(61)29(68-38-24(58)12-17(51)30(63-2)41(12,6-46)74-38)11(67-37)5-66-36-23(57)15-20(54)33(44(15,9-49)73-36)70-40-26(60)16-21(55)34(45(16,10-50)76-40)71-39-25(59)13-18(52)31(64-3)42(13,7-47)75-39/h11-40,46-62H,4-10H2,1-3H3. The minimum Gasteiger partial charge on any atom is -0.393 e. The molecule has 35 unspecified atom stereocenters. The van der Waals surface area contributed by atoms with Crippen molar-refractivity contribution in [1.29, 1.82) is 0 Å². The second-order valence-corrected chi connectivity index (χ2v) is 21.9. The van der Waals surface area contributed by atoms with E-state index in [2.05, 4.69) is 0 Å². The zero-order chi connectivity index (χ0) is 54.7. The van der Waals surface area contributed by atoms with Crippen LogP contribution in [0.15, 0.2) is 0 Å². The molecule has 436 valence electrons. The number of rotatable bonds is 20. The van der Waals surface area contributed by atoms with Crippen molar-refractivity contribution in [3.63, 3.8) is 0 Å². The Morgan fingerprint density at radius 2 is 0.645 bits per heavy atom. The number of methoxy groups -OCH3 is 2. The van der Waals surface area contributed by atoms with E-state index in [0.717, 1.165) is 0 Å². The Morgan fingerprint density at radius 3 is 1.00 bits per heavy atom. The fourth-order valence-corrected chi connectivity index (χ4v) is 14.9. The van der Waals surface area contributed by atoms with Crippen molar-refractivity contribution in [3.05, 3.63) is 0 Å². The van der Waals surface area contributed by atoms with Crippen molar-refractivity contribution in [2.75, 3.05) is 60.5 Å². The Morgan fingerprint density at radius 1 is 0.342 bits per heavy atom. The van der Waals surface area contributed by atoms with E-state index >= 15 is 0 Å². The molecule has 11 rings (SSSR count). The van der Waals surface area contributed by atoms with Crippen molar-refractivity contribution < 1.29 is 153 Å². The van der Waals surface area contributed by atoms with Gasteiger partial charge in [-0.25, -0.2) is 0 Å². The number of aliphatic hydroxyl groups is 17. The Labute approximate surface area is 431 Å². The van der Waals surface area contributed by atoms with Gasteiger partial charge in [-0.2, -0.15) is 0 Å². The van der Waals surface area contributed by atoms with Gasteiger partial charge in [-0.1, -0.05) is 0 Å². The molecule has 35 atom stereocenters. The fraction of sp³-hybridized carbons (Fsp3) is 1.00. The molecule has 76 heavy (non-hydrogen) atoms. The zero-order valence-electron chi connectivity index (χ0n) is 41.1. The van der Waals surface area contributed by atoms with Gasteiger partial charge in [0.05, 0.1) is 99.8 Å². The van der Waals surface area contributed by atoms with Crippen LogP contribution in [-0.2, 0) is 66.3 Å². The first-order valence-electron chi connectivity index (χ1n) is 25.3. The van der Waals surface area contributed by atoms with Gasteiger partial charge in [0.2, 0.25) is 0 Å². The maximum Gasteiger partial charge on any atom is 0.187 e. The lowest BCUT2D eigenvalue weighted by Gasteiger charge is -2.55.